The Hall–Kier alpha value is -1.69. The fourth-order valence-corrected chi connectivity index (χ4v) is 3.53. The number of carbonyl (C=O) groups is 1. The van der Waals surface area contributed by atoms with Gasteiger partial charge in [0.05, 0.1) is 0 Å². The zero-order valence-corrected chi connectivity index (χ0v) is 14.8. The Labute approximate surface area is 144 Å². The van der Waals surface area contributed by atoms with E-state index in [1.54, 1.807) is 0 Å². The molecule has 0 saturated carbocycles. The topological polar surface area (TPSA) is 67.4 Å². The molecule has 132 valence electrons. The van der Waals surface area contributed by atoms with Gasteiger partial charge in [-0.25, -0.2) is 9.97 Å². The van der Waals surface area contributed by atoms with Gasteiger partial charge in [-0.05, 0) is 51.5 Å². The highest BCUT2D eigenvalue weighted by molar-refractivity contribution is 5.78. The summed E-state index contributed by atoms with van der Waals surface area (Å²) in [5.74, 6) is 1.70. The van der Waals surface area contributed by atoms with Crippen LogP contribution in [0.25, 0.3) is 0 Å². The molecule has 0 aromatic carbocycles. The second-order valence-electron chi connectivity index (χ2n) is 7.01. The van der Waals surface area contributed by atoms with E-state index in [0.717, 1.165) is 75.9 Å². The second-order valence-corrected chi connectivity index (χ2v) is 7.01. The third-order valence-corrected chi connectivity index (χ3v) is 5.02. The van der Waals surface area contributed by atoms with Crippen molar-refractivity contribution in [2.45, 2.75) is 39.5 Å². The van der Waals surface area contributed by atoms with Crippen LogP contribution in [0, 0.1) is 25.7 Å². The largest absolute Gasteiger partial charge is 0.381 e. The first-order valence-electron chi connectivity index (χ1n) is 9.04. The molecular weight excluding hydrogens is 304 g/mol. The minimum atomic E-state index is 0.118. The lowest BCUT2D eigenvalue weighted by Crippen LogP contribution is -2.42. The fraction of sp³-hybridized carbons (Fsp3) is 0.722. The molecule has 1 aromatic rings. The van der Waals surface area contributed by atoms with Crippen LogP contribution in [0.15, 0.2) is 6.07 Å². The van der Waals surface area contributed by atoms with Gasteiger partial charge in [0.15, 0.2) is 0 Å². The molecular formula is C18H28N4O2. The molecule has 0 atom stereocenters. The molecule has 1 N–H and O–H groups in total. The number of anilines is 1. The Morgan fingerprint density at radius 2 is 1.79 bits per heavy atom. The molecule has 3 rings (SSSR count). The van der Waals surface area contributed by atoms with E-state index in [1.807, 2.05) is 19.9 Å². The summed E-state index contributed by atoms with van der Waals surface area (Å²) in [4.78, 5) is 23.7. The lowest BCUT2D eigenvalue weighted by atomic mass is 9.95. The highest BCUT2D eigenvalue weighted by Gasteiger charge is 2.26. The molecule has 2 fully saturated rings. The maximum Gasteiger partial charge on any atom is 0.225 e. The molecule has 0 spiro atoms. The summed E-state index contributed by atoms with van der Waals surface area (Å²) < 4.78 is 5.36. The number of carbonyl (C=O) groups excluding carboxylic acids is 1. The SMILES string of the molecule is Cc1cc(C)nc(N2CCC(C(=O)NCC3CCOCC3)CC2)n1. The van der Waals surface area contributed by atoms with Crippen molar-refractivity contribution in [2.75, 3.05) is 37.7 Å². The van der Waals surface area contributed by atoms with E-state index in [1.165, 1.54) is 0 Å². The molecule has 3 heterocycles. The van der Waals surface area contributed by atoms with Gasteiger partial charge in [-0.15, -0.1) is 0 Å². The van der Waals surface area contributed by atoms with Crippen LogP contribution >= 0.6 is 0 Å². The van der Waals surface area contributed by atoms with Gasteiger partial charge in [-0.3, -0.25) is 4.79 Å². The van der Waals surface area contributed by atoms with Gasteiger partial charge >= 0.3 is 0 Å². The highest BCUT2D eigenvalue weighted by Crippen LogP contribution is 2.22. The van der Waals surface area contributed by atoms with Crippen molar-refractivity contribution in [1.82, 2.24) is 15.3 Å². The lowest BCUT2D eigenvalue weighted by Gasteiger charge is -2.32. The summed E-state index contributed by atoms with van der Waals surface area (Å²) in [6.07, 6.45) is 3.86. The van der Waals surface area contributed by atoms with Crippen LogP contribution in [0.2, 0.25) is 0 Å². The average molecular weight is 332 g/mol. The predicted octanol–water partition coefficient (Wildman–Crippen LogP) is 1.85. The molecule has 1 aromatic heterocycles. The Morgan fingerprint density at radius 1 is 1.17 bits per heavy atom. The van der Waals surface area contributed by atoms with Gasteiger partial charge in [-0.1, -0.05) is 0 Å². The monoisotopic (exact) mass is 332 g/mol. The smallest absolute Gasteiger partial charge is 0.225 e. The number of amides is 1. The number of hydrogen-bond acceptors (Lipinski definition) is 5. The van der Waals surface area contributed by atoms with Gasteiger partial charge in [0.1, 0.15) is 0 Å². The van der Waals surface area contributed by atoms with E-state index in [2.05, 4.69) is 20.2 Å². The van der Waals surface area contributed by atoms with E-state index >= 15 is 0 Å². The van der Waals surface area contributed by atoms with Crippen LogP contribution in [0.4, 0.5) is 5.95 Å². The number of piperidine rings is 1. The van der Waals surface area contributed by atoms with E-state index < -0.39 is 0 Å². The summed E-state index contributed by atoms with van der Waals surface area (Å²) in [6, 6.07) is 1.99. The molecule has 0 bridgehead atoms. The molecule has 0 aliphatic carbocycles. The number of aryl methyl sites for hydroxylation is 2. The van der Waals surface area contributed by atoms with Crippen molar-refractivity contribution in [3.8, 4) is 0 Å². The molecule has 0 unspecified atom stereocenters. The first-order chi connectivity index (χ1) is 11.6. The number of ether oxygens (including phenoxy) is 1. The van der Waals surface area contributed by atoms with Crippen molar-refractivity contribution in [2.24, 2.45) is 11.8 Å². The summed E-state index contributed by atoms with van der Waals surface area (Å²) in [5, 5.41) is 3.15. The zero-order valence-electron chi connectivity index (χ0n) is 14.8. The minimum Gasteiger partial charge on any atom is -0.381 e. The van der Waals surface area contributed by atoms with Crippen LogP contribution in [0.5, 0.6) is 0 Å². The number of hydrogen-bond donors (Lipinski definition) is 1. The lowest BCUT2D eigenvalue weighted by molar-refractivity contribution is -0.125. The van der Waals surface area contributed by atoms with E-state index in [-0.39, 0.29) is 11.8 Å². The Kier molecular flexibility index (Phi) is 5.66. The predicted molar refractivity (Wildman–Crippen MR) is 93.0 cm³/mol. The van der Waals surface area contributed by atoms with E-state index in [0.29, 0.717) is 5.92 Å². The first-order valence-corrected chi connectivity index (χ1v) is 9.04. The van der Waals surface area contributed by atoms with Crippen LogP contribution in [-0.4, -0.2) is 48.7 Å². The summed E-state index contributed by atoms with van der Waals surface area (Å²) in [5.41, 5.74) is 1.99. The Bertz CT molecular complexity index is 544. The van der Waals surface area contributed by atoms with Gasteiger partial charge in [0.2, 0.25) is 11.9 Å². The molecule has 2 saturated heterocycles. The number of nitrogens with one attached hydrogen (secondary N) is 1. The molecule has 2 aliphatic rings. The standard InChI is InChI=1S/C18H28N4O2/c1-13-11-14(2)21-18(20-13)22-7-3-16(4-8-22)17(23)19-12-15-5-9-24-10-6-15/h11,15-16H,3-10,12H2,1-2H3,(H,19,23). The van der Waals surface area contributed by atoms with Gasteiger partial charge < -0.3 is 15.0 Å². The Morgan fingerprint density at radius 3 is 2.42 bits per heavy atom. The number of nitrogens with zero attached hydrogens (tertiary/aromatic N) is 3. The fourth-order valence-electron chi connectivity index (χ4n) is 3.53. The maximum atomic E-state index is 12.4. The van der Waals surface area contributed by atoms with Crippen LogP contribution in [-0.2, 0) is 9.53 Å². The maximum absolute atomic E-state index is 12.4. The van der Waals surface area contributed by atoms with Gasteiger partial charge in [0.25, 0.3) is 0 Å². The molecule has 1 amide bonds. The number of aromatic nitrogens is 2. The van der Waals surface area contributed by atoms with E-state index in [9.17, 15) is 4.79 Å². The summed E-state index contributed by atoms with van der Waals surface area (Å²) >= 11 is 0. The van der Waals surface area contributed by atoms with Crippen molar-refractivity contribution in [1.29, 1.82) is 0 Å². The van der Waals surface area contributed by atoms with Crippen molar-refractivity contribution in [3.63, 3.8) is 0 Å². The molecule has 2 aliphatic heterocycles. The quantitative estimate of drug-likeness (QED) is 0.911. The zero-order chi connectivity index (χ0) is 16.9. The summed E-state index contributed by atoms with van der Waals surface area (Å²) in [7, 11) is 0. The van der Waals surface area contributed by atoms with Gasteiger partial charge in [0, 0.05) is 50.2 Å². The normalized spacial score (nSPS) is 20.2. The van der Waals surface area contributed by atoms with Crippen LogP contribution < -0.4 is 10.2 Å². The van der Waals surface area contributed by atoms with E-state index in [4.69, 9.17) is 4.74 Å². The first kappa shape index (κ1) is 17.1. The van der Waals surface area contributed by atoms with Crippen molar-refractivity contribution >= 4 is 11.9 Å². The minimum absolute atomic E-state index is 0.118. The summed E-state index contributed by atoms with van der Waals surface area (Å²) in [6.45, 7) is 8.13. The average Bonchev–Trinajstić information content (AvgIpc) is 2.60. The van der Waals surface area contributed by atoms with Crippen molar-refractivity contribution in [3.05, 3.63) is 17.5 Å². The highest BCUT2D eigenvalue weighted by atomic mass is 16.5. The van der Waals surface area contributed by atoms with Gasteiger partial charge in [-0.2, -0.15) is 0 Å². The molecule has 0 radical (unpaired) electrons. The number of rotatable bonds is 4. The third kappa shape index (κ3) is 4.44. The van der Waals surface area contributed by atoms with Crippen molar-refractivity contribution < 1.29 is 9.53 Å². The third-order valence-electron chi connectivity index (χ3n) is 5.02. The molecule has 24 heavy (non-hydrogen) atoms. The Balaban J connectivity index is 1.46. The van der Waals surface area contributed by atoms with Crippen LogP contribution in [0.1, 0.15) is 37.1 Å². The second kappa shape index (κ2) is 7.92. The molecule has 6 heteroatoms. The molecule has 6 nitrogen and oxygen atoms in total. The van der Waals surface area contributed by atoms with Crippen LogP contribution in [0.3, 0.4) is 0 Å².